The molecule has 1 aromatic rings. The number of carbonyl (C=O) groups is 4. The lowest BCUT2D eigenvalue weighted by molar-refractivity contribution is -0.142. The van der Waals surface area contributed by atoms with Gasteiger partial charge in [-0.1, -0.05) is 58.5 Å². The van der Waals surface area contributed by atoms with Gasteiger partial charge in [0, 0.05) is 25.2 Å². The quantitative estimate of drug-likeness (QED) is 0.384. The Kier molecular flexibility index (Phi) is 11.9. The van der Waals surface area contributed by atoms with Crippen molar-refractivity contribution >= 4 is 40.1 Å². The van der Waals surface area contributed by atoms with Crippen LogP contribution in [0.3, 0.4) is 0 Å². The van der Waals surface area contributed by atoms with Gasteiger partial charge in [0.05, 0.1) is 12.1 Å². The van der Waals surface area contributed by atoms with Crippen LogP contribution in [-0.4, -0.2) is 98.9 Å². The van der Waals surface area contributed by atoms with Crippen LogP contribution in [0.1, 0.15) is 87.5 Å². The second kappa shape index (κ2) is 14.7. The smallest absolute Gasteiger partial charge is 0.249 e. The molecule has 0 aromatic carbocycles. The lowest BCUT2D eigenvalue weighted by Crippen LogP contribution is -2.60. The second-order valence-electron chi connectivity index (χ2n) is 13.6. The van der Waals surface area contributed by atoms with Crippen LogP contribution in [0, 0.1) is 11.3 Å². The number of hydrogen-bond acceptors (Lipinski definition) is 8. The van der Waals surface area contributed by atoms with Crippen molar-refractivity contribution in [3.05, 3.63) is 17.2 Å². The summed E-state index contributed by atoms with van der Waals surface area (Å²) in [5, 5.41) is 13.9. The first-order valence-electron chi connectivity index (χ1n) is 15.5. The van der Waals surface area contributed by atoms with E-state index in [9.17, 15) is 19.2 Å². The Morgan fingerprint density at radius 2 is 1.70 bits per heavy atom. The summed E-state index contributed by atoms with van der Waals surface area (Å²) in [6.07, 6.45) is 5.95. The van der Waals surface area contributed by atoms with E-state index in [-0.39, 0.29) is 41.6 Å². The van der Waals surface area contributed by atoms with Gasteiger partial charge in [-0.15, -0.1) is 10.2 Å². The summed E-state index contributed by atoms with van der Waals surface area (Å²) in [6.45, 7) is 17.2. The van der Waals surface area contributed by atoms with Gasteiger partial charge in [-0.25, -0.2) is 0 Å². The molecule has 0 bridgehead atoms. The minimum atomic E-state index is -0.737. The monoisotopic (exact) mass is 617 g/mol. The van der Waals surface area contributed by atoms with E-state index in [2.05, 4.69) is 39.6 Å². The summed E-state index contributed by atoms with van der Waals surface area (Å²) in [7, 11) is 1.74. The van der Waals surface area contributed by atoms with Gasteiger partial charge >= 0.3 is 0 Å². The van der Waals surface area contributed by atoms with E-state index in [4.69, 9.17) is 0 Å². The van der Waals surface area contributed by atoms with Crippen LogP contribution < -0.4 is 10.6 Å². The number of aromatic nitrogens is 2. The van der Waals surface area contributed by atoms with Crippen LogP contribution in [0.2, 0.25) is 0 Å². The number of anilines is 1. The van der Waals surface area contributed by atoms with Crippen LogP contribution in [0.4, 0.5) is 5.13 Å². The second-order valence-corrected chi connectivity index (χ2v) is 14.4. The molecular weight excluding hydrogens is 566 g/mol. The molecule has 2 saturated heterocycles. The molecule has 3 heterocycles. The summed E-state index contributed by atoms with van der Waals surface area (Å²) >= 11 is 1.23. The fourth-order valence-electron chi connectivity index (χ4n) is 6.10. The lowest BCUT2D eigenvalue weighted by atomic mass is 9.84. The van der Waals surface area contributed by atoms with Crippen LogP contribution in [0.25, 0.3) is 0 Å². The van der Waals surface area contributed by atoms with E-state index in [0.717, 1.165) is 32.2 Å². The van der Waals surface area contributed by atoms with Gasteiger partial charge in [-0.05, 0) is 64.3 Å². The van der Waals surface area contributed by atoms with Crippen LogP contribution in [-0.2, 0) is 19.2 Å². The highest BCUT2D eigenvalue weighted by Gasteiger charge is 2.40. The summed E-state index contributed by atoms with van der Waals surface area (Å²) in [5.74, 6) is -0.810. The minimum Gasteiger partial charge on any atom is -0.342 e. The predicted octanol–water partition coefficient (Wildman–Crippen LogP) is 3.69. The summed E-state index contributed by atoms with van der Waals surface area (Å²) < 4.78 is 0. The Morgan fingerprint density at radius 1 is 1.02 bits per heavy atom. The van der Waals surface area contributed by atoms with Crippen molar-refractivity contribution in [2.24, 2.45) is 11.3 Å². The van der Waals surface area contributed by atoms with E-state index < -0.39 is 23.5 Å². The fraction of sp³-hybridized carbons (Fsp3) is 0.742. The third-order valence-corrected chi connectivity index (χ3v) is 9.16. The van der Waals surface area contributed by atoms with Crippen LogP contribution >= 0.6 is 11.3 Å². The molecule has 0 aliphatic carbocycles. The highest BCUT2D eigenvalue weighted by molar-refractivity contribution is 7.13. The highest BCUT2D eigenvalue weighted by Crippen LogP contribution is 2.27. The maximum Gasteiger partial charge on any atom is 0.249 e. The molecule has 4 atom stereocenters. The molecule has 11 nitrogen and oxygen atoms in total. The number of likely N-dealkylation sites (tertiary alicyclic amines) is 2. The Bertz CT molecular complexity index is 1160. The first-order chi connectivity index (χ1) is 20.1. The number of carbonyl (C=O) groups excluding carboxylic acids is 4. The van der Waals surface area contributed by atoms with Crippen molar-refractivity contribution in [3.8, 4) is 0 Å². The van der Waals surface area contributed by atoms with Gasteiger partial charge < -0.3 is 15.1 Å². The van der Waals surface area contributed by atoms with Crippen molar-refractivity contribution in [1.82, 2.24) is 30.2 Å². The van der Waals surface area contributed by atoms with Gasteiger partial charge in [0.25, 0.3) is 0 Å². The number of amides is 4. The van der Waals surface area contributed by atoms with E-state index >= 15 is 0 Å². The molecule has 0 spiro atoms. The number of piperidine rings is 1. The number of hydrogen-bond donors (Lipinski definition) is 2. The van der Waals surface area contributed by atoms with E-state index in [1.165, 1.54) is 16.8 Å². The topological polar surface area (TPSA) is 128 Å². The molecular formula is C31H51N7O4S. The van der Waals surface area contributed by atoms with Crippen molar-refractivity contribution in [3.63, 3.8) is 0 Å². The minimum absolute atomic E-state index is 0.00197. The molecule has 2 aliphatic rings. The van der Waals surface area contributed by atoms with Crippen molar-refractivity contribution in [2.75, 3.05) is 25.5 Å². The average molecular weight is 618 g/mol. The first-order valence-corrected chi connectivity index (χ1v) is 16.4. The molecule has 2 N–H and O–H groups in total. The number of rotatable bonds is 10. The van der Waals surface area contributed by atoms with Gasteiger partial charge in [-0.2, -0.15) is 0 Å². The molecule has 3 rings (SSSR count). The average Bonchev–Trinajstić information content (AvgIpc) is 3.65. The summed E-state index contributed by atoms with van der Waals surface area (Å²) in [5.41, 5.74) is 1.48. The number of nitrogens with zero attached hydrogens (tertiary/aromatic N) is 5. The molecule has 240 valence electrons. The van der Waals surface area contributed by atoms with Crippen LogP contribution in [0.15, 0.2) is 17.2 Å². The van der Waals surface area contributed by atoms with E-state index in [0.29, 0.717) is 23.7 Å². The molecule has 4 amide bonds. The number of nitrogens with one attached hydrogen (secondary N) is 2. The van der Waals surface area contributed by atoms with Crippen LogP contribution in [0.5, 0.6) is 0 Å². The summed E-state index contributed by atoms with van der Waals surface area (Å²) in [4.78, 5) is 59.7. The van der Waals surface area contributed by atoms with Crippen molar-refractivity contribution < 1.29 is 19.2 Å². The van der Waals surface area contributed by atoms with E-state index in [1.54, 1.807) is 23.8 Å². The zero-order valence-corrected chi connectivity index (χ0v) is 28.2. The standard InChI is InChI=1S/C31H51N7O4S/c1-19(2)24(17-21(5)28(41)38-16-12-14-23(38)27(40)34-30-35-32-18-43-30)36(9)29(42)25(31(6,7)8)33-26(39)22-13-10-11-15-37(22)20(3)4/h17-20,22-25H,10-16H2,1-9H3,(H,33,39)(H,34,35,40)/b21-17+/t22?,23-,24?,25?/m0/s1. The van der Waals surface area contributed by atoms with Gasteiger partial charge in [-0.3, -0.25) is 29.4 Å². The zero-order valence-electron chi connectivity index (χ0n) is 27.3. The Balaban J connectivity index is 1.77. The maximum atomic E-state index is 14.1. The first kappa shape index (κ1) is 34.6. The molecule has 12 heteroatoms. The third-order valence-electron chi connectivity index (χ3n) is 8.55. The Hall–Kier alpha value is -2.86. The fourth-order valence-corrected chi connectivity index (χ4v) is 6.54. The van der Waals surface area contributed by atoms with Crippen molar-refractivity contribution in [1.29, 1.82) is 0 Å². The summed E-state index contributed by atoms with van der Waals surface area (Å²) in [6, 6.07) is -1.74. The molecule has 43 heavy (non-hydrogen) atoms. The molecule has 1 aromatic heterocycles. The Labute approximate surface area is 260 Å². The zero-order chi connectivity index (χ0) is 32.1. The normalized spacial score (nSPS) is 21.6. The molecule has 0 radical (unpaired) electrons. The maximum absolute atomic E-state index is 14.1. The third kappa shape index (κ3) is 8.62. The lowest BCUT2D eigenvalue weighted by Gasteiger charge is -2.41. The molecule has 2 aliphatic heterocycles. The Morgan fingerprint density at radius 3 is 2.28 bits per heavy atom. The highest BCUT2D eigenvalue weighted by atomic mass is 32.1. The van der Waals surface area contributed by atoms with Crippen molar-refractivity contribution in [2.45, 2.75) is 118 Å². The molecule has 0 saturated carbocycles. The predicted molar refractivity (Wildman–Crippen MR) is 169 cm³/mol. The molecule has 2 fully saturated rings. The SMILES string of the molecule is C/C(=C\C(C(C)C)N(C)C(=O)C(NC(=O)C1CCCCN1C(C)C)C(C)(C)C)C(=O)N1CCC[C@H]1C(=O)Nc1nncs1. The van der Waals surface area contributed by atoms with Gasteiger partial charge in [0.1, 0.15) is 17.6 Å². The number of likely N-dealkylation sites (N-methyl/N-ethyl adjacent to an activating group) is 1. The van der Waals surface area contributed by atoms with Gasteiger partial charge in [0.2, 0.25) is 28.8 Å². The van der Waals surface area contributed by atoms with Gasteiger partial charge in [0.15, 0.2) is 0 Å². The largest absolute Gasteiger partial charge is 0.342 e. The molecule has 3 unspecified atom stereocenters. The van der Waals surface area contributed by atoms with E-state index in [1.807, 2.05) is 40.7 Å².